The number of thioether (sulfide) groups is 1. The molecule has 0 aromatic carbocycles. The Morgan fingerprint density at radius 2 is 2.22 bits per heavy atom. The molecule has 3 aromatic rings. The molecule has 1 saturated heterocycles. The number of nitrogens with one attached hydrogen (secondary N) is 1. The van der Waals surface area contributed by atoms with Gasteiger partial charge in [0.25, 0.3) is 17.5 Å². The smallest absolute Gasteiger partial charge is 0.352 e. The average molecular weight is 529 g/mol. The van der Waals surface area contributed by atoms with Crippen LogP contribution in [-0.4, -0.2) is 67.2 Å². The summed E-state index contributed by atoms with van der Waals surface area (Å²) in [5.74, 6) is -1.97. The standard InChI is InChI=1S/C22H21N7O5S2/c1-11-3-4-14-27(7-11)5-6-28(14)8-12-9-35-20-16(19(31)29(20)17(12)21(32)33)25-18(30)15(26-34-2)13-10-36-22(23)24-13/h3-7,10,16,20H,8-9H2,1-2H3,(H3-,23,24,25,30,32,33)/p+1/t16-,20+/m1/s1. The molecule has 0 radical (unpaired) electrons. The fraction of sp³-hybridized carbons (Fsp3) is 0.273. The first kappa shape index (κ1) is 23.8. The molecule has 2 aliphatic heterocycles. The van der Waals surface area contributed by atoms with Crippen LogP contribution in [-0.2, 0) is 25.8 Å². The SMILES string of the molecule is CON=C(C(=O)N[C@@H]1C(=O)N2C(C(=O)O)=C(C[n+]3ccn4cc(C)ccc43)CS[C@@H]12)c1csc(N)n1. The van der Waals surface area contributed by atoms with Gasteiger partial charge in [-0.1, -0.05) is 5.16 Å². The first-order chi connectivity index (χ1) is 17.3. The van der Waals surface area contributed by atoms with E-state index in [1.165, 1.54) is 23.8 Å². The zero-order valence-corrected chi connectivity index (χ0v) is 20.9. The Hall–Kier alpha value is -3.91. The van der Waals surface area contributed by atoms with Crippen LogP contribution in [0.3, 0.4) is 0 Å². The predicted octanol–water partition coefficient (Wildman–Crippen LogP) is 0.363. The number of oxime groups is 1. The number of aryl methyl sites for hydroxylation is 1. The molecule has 12 nitrogen and oxygen atoms in total. The molecule has 0 spiro atoms. The third kappa shape index (κ3) is 4.07. The molecule has 0 aliphatic carbocycles. The van der Waals surface area contributed by atoms with E-state index >= 15 is 0 Å². The zero-order chi connectivity index (χ0) is 25.6. The van der Waals surface area contributed by atoms with Gasteiger partial charge in [-0.15, -0.1) is 23.1 Å². The van der Waals surface area contributed by atoms with Crippen molar-refractivity contribution in [3.63, 3.8) is 0 Å². The number of fused-ring (bicyclic) bond motifs is 2. The Kier molecular flexibility index (Phi) is 6.14. The first-order valence-electron chi connectivity index (χ1n) is 10.8. The number of carbonyl (C=O) groups excluding carboxylic acids is 2. The lowest BCUT2D eigenvalue weighted by molar-refractivity contribution is -0.662. The minimum Gasteiger partial charge on any atom is -0.477 e. The van der Waals surface area contributed by atoms with Crippen LogP contribution in [0.1, 0.15) is 11.3 Å². The minimum atomic E-state index is -1.19. The molecular formula is C22H22N7O5S2+. The van der Waals surface area contributed by atoms with E-state index < -0.39 is 29.2 Å². The second-order valence-corrected chi connectivity index (χ2v) is 10.2. The second kappa shape index (κ2) is 9.28. The number of aromatic nitrogens is 3. The molecule has 2 aliphatic rings. The van der Waals surface area contributed by atoms with Crippen molar-refractivity contribution in [1.29, 1.82) is 0 Å². The van der Waals surface area contributed by atoms with Gasteiger partial charge in [0.2, 0.25) is 0 Å². The van der Waals surface area contributed by atoms with Gasteiger partial charge in [-0.3, -0.25) is 14.5 Å². The number of amides is 2. The minimum absolute atomic E-state index is 0.0498. The molecular weight excluding hydrogens is 506 g/mol. The summed E-state index contributed by atoms with van der Waals surface area (Å²) in [6.45, 7) is 2.31. The Bertz CT molecular complexity index is 1460. The van der Waals surface area contributed by atoms with E-state index in [4.69, 9.17) is 10.6 Å². The van der Waals surface area contributed by atoms with Crippen molar-refractivity contribution >= 4 is 57.4 Å². The average Bonchev–Trinajstić information content (AvgIpc) is 3.45. The lowest BCUT2D eigenvalue weighted by Gasteiger charge is -2.49. The Labute approximate surface area is 213 Å². The van der Waals surface area contributed by atoms with Gasteiger partial charge in [-0.25, -0.2) is 18.7 Å². The third-order valence-corrected chi connectivity index (χ3v) is 7.88. The van der Waals surface area contributed by atoms with Crippen LogP contribution in [0.2, 0.25) is 0 Å². The number of pyridine rings is 1. The lowest BCUT2D eigenvalue weighted by Crippen LogP contribution is -2.71. The van der Waals surface area contributed by atoms with Gasteiger partial charge in [-0.2, -0.15) is 0 Å². The van der Waals surface area contributed by atoms with E-state index in [2.05, 4.69) is 15.5 Å². The van der Waals surface area contributed by atoms with Crippen LogP contribution < -0.4 is 15.6 Å². The van der Waals surface area contributed by atoms with Crippen LogP contribution in [0.5, 0.6) is 0 Å². The number of rotatable bonds is 7. The van der Waals surface area contributed by atoms with Crippen LogP contribution >= 0.6 is 23.1 Å². The molecule has 14 heteroatoms. The number of aliphatic carboxylic acids is 1. The number of hydrogen-bond donors (Lipinski definition) is 3. The summed E-state index contributed by atoms with van der Waals surface area (Å²) in [6.07, 6.45) is 5.76. The summed E-state index contributed by atoms with van der Waals surface area (Å²) in [6, 6.07) is 3.03. The van der Waals surface area contributed by atoms with E-state index in [-0.39, 0.29) is 22.2 Å². The first-order valence-corrected chi connectivity index (χ1v) is 12.7. The van der Waals surface area contributed by atoms with Crippen molar-refractivity contribution < 1.29 is 28.9 Å². The number of nitrogens with two attached hydrogens (primary N) is 1. The van der Waals surface area contributed by atoms with Gasteiger partial charge >= 0.3 is 5.97 Å². The topological polar surface area (TPSA) is 156 Å². The van der Waals surface area contributed by atoms with Crippen molar-refractivity contribution in [3.8, 4) is 0 Å². The molecule has 5 heterocycles. The highest BCUT2D eigenvalue weighted by atomic mass is 32.2. The maximum Gasteiger partial charge on any atom is 0.352 e. The van der Waals surface area contributed by atoms with Gasteiger partial charge < -0.3 is 21.0 Å². The van der Waals surface area contributed by atoms with E-state index in [1.54, 1.807) is 5.38 Å². The van der Waals surface area contributed by atoms with Gasteiger partial charge in [0.05, 0.1) is 6.20 Å². The normalized spacial score (nSPS) is 19.8. The number of carbonyl (C=O) groups is 3. The zero-order valence-electron chi connectivity index (χ0n) is 19.2. The molecule has 2 atom stereocenters. The summed E-state index contributed by atoms with van der Waals surface area (Å²) in [4.78, 5) is 48.2. The van der Waals surface area contributed by atoms with Crippen molar-refractivity contribution in [2.75, 3.05) is 18.6 Å². The highest BCUT2D eigenvalue weighted by Gasteiger charge is 2.54. The molecule has 0 unspecified atom stereocenters. The highest BCUT2D eigenvalue weighted by molar-refractivity contribution is 8.00. The quantitative estimate of drug-likeness (QED) is 0.172. The Balaban J connectivity index is 1.37. The summed E-state index contributed by atoms with van der Waals surface area (Å²) in [7, 11) is 1.29. The van der Waals surface area contributed by atoms with Crippen LogP contribution in [0.25, 0.3) is 5.65 Å². The van der Waals surface area contributed by atoms with E-state index in [1.807, 2.05) is 46.6 Å². The summed E-state index contributed by atoms with van der Waals surface area (Å²) < 4.78 is 3.90. The third-order valence-electron chi connectivity index (χ3n) is 5.86. The molecule has 0 bridgehead atoms. The summed E-state index contributed by atoms with van der Waals surface area (Å²) >= 11 is 2.53. The molecule has 1 fully saturated rings. The largest absolute Gasteiger partial charge is 0.477 e. The molecule has 2 amide bonds. The number of carboxylic acid groups (broad SMARTS) is 1. The van der Waals surface area contributed by atoms with E-state index in [0.717, 1.165) is 22.5 Å². The number of β-lactam (4-membered cyclic amide) rings is 1. The summed E-state index contributed by atoms with van der Waals surface area (Å²) in [5.41, 5.74) is 8.31. The molecule has 186 valence electrons. The lowest BCUT2D eigenvalue weighted by atomic mass is 10.0. The molecule has 3 aromatic heterocycles. The van der Waals surface area contributed by atoms with Crippen LogP contribution in [0.15, 0.2) is 52.5 Å². The molecule has 4 N–H and O–H groups in total. The number of hydrogen-bond acceptors (Lipinski definition) is 9. The van der Waals surface area contributed by atoms with Crippen molar-refractivity contribution in [2.24, 2.45) is 5.16 Å². The number of nitrogens with zero attached hydrogens (tertiary/aromatic N) is 5. The number of anilines is 1. The number of nitrogen functional groups attached to an aromatic ring is 1. The van der Waals surface area contributed by atoms with E-state index in [0.29, 0.717) is 17.9 Å². The highest BCUT2D eigenvalue weighted by Crippen LogP contribution is 2.40. The second-order valence-electron chi connectivity index (χ2n) is 8.21. The van der Waals surface area contributed by atoms with Crippen molar-refractivity contribution in [2.45, 2.75) is 24.9 Å². The predicted molar refractivity (Wildman–Crippen MR) is 132 cm³/mol. The molecule has 36 heavy (non-hydrogen) atoms. The maximum absolute atomic E-state index is 13.1. The van der Waals surface area contributed by atoms with Crippen LogP contribution in [0.4, 0.5) is 5.13 Å². The van der Waals surface area contributed by atoms with Crippen molar-refractivity contribution in [1.82, 2.24) is 19.6 Å². The van der Waals surface area contributed by atoms with Crippen LogP contribution in [0, 0.1) is 6.92 Å². The van der Waals surface area contributed by atoms with Gasteiger partial charge in [0.15, 0.2) is 10.8 Å². The Morgan fingerprint density at radius 1 is 1.42 bits per heavy atom. The van der Waals surface area contributed by atoms with Gasteiger partial charge in [0, 0.05) is 22.8 Å². The van der Waals surface area contributed by atoms with Gasteiger partial charge in [-0.05, 0) is 18.6 Å². The fourth-order valence-corrected chi connectivity index (χ4v) is 6.14. The Morgan fingerprint density at radius 3 is 2.92 bits per heavy atom. The number of carboxylic acids is 1. The summed E-state index contributed by atoms with van der Waals surface area (Å²) in [5, 5.41) is 17.6. The fourth-order valence-electron chi connectivity index (χ4n) is 4.26. The van der Waals surface area contributed by atoms with Crippen molar-refractivity contribution in [3.05, 3.63) is 58.6 Å². The van der Waals surface area contributed by atoms with Gasteiger partial charge in [0.1, 0.15) is 48.9 Å². The monoisotopic (exact) mass is 528 g/mol. The molecule has 5 rings (SSSR count). The maximum atomic E-state index is 13.1. The number of thiazole rings is 1. The molecule has 0 saturated carbocycles. The van der Waals surface area contributed by atoms with E-state index in [9.17, 15) is 19.5 Å². The number of imidazole rings is 1.